The number of allylic oxidation sites excluding steroid dienone is 2. The number of nitrogen functional groups attached to an aromatic ring is 2. The molecule has 0 bridgehead atoms. The lowest BCUT2D eigenvalue weighted by molar-refractivity contribution is 0.416. The molecule has 0 radical (unpaired) electrons. The summed E-state index contributed by atoms with van der Waals surface area (Å²) in [6, 6.07) is 20.0. The van der Waals surface area contributed by atoms with E-state index in [0.29, 0.717) is 22.9 Å². The zero-order valence-electron chi connectivity index (χ0n) is 17.6. The predicted octanol–water partition coefficient (Wildman–Crippen LogP) is 5.75. The third-order valence-corrected chi connectivity index (χ3v) is 5.04. The van der Waals surface area contributed by atoms with Gasteiger partial charge in [0, 0.05) is 5.92 Å². The van der Waals surface area contributed by atoms with Crippen molar-refractivity contribution in [2.45, 2.75) is 12.8 Å². The average Bonchev–Trinajstić information content (AvgIpc) is 2.77. The molecule has 0 atom stereocenters. The normalized spacial score (nSPS) is 11.5. The Labute approximate surface area is 178 Å². The molecule has 0 spiro atoms. The van der Waals surface area contributed by atoms with Crippen LogP contribution in [0.25, 0.3) is 12.2 Å². The first-order valence-corrected chi connectivity index (χ1v) is 9.84. The largest absolute Gasteiger partial charge is 0.495 e. The van der Waals surface area contributed by atoms with E-state index < -0.39 is 0 Å². The van der Waals surface area contributed by atoms with E-state index in [9.17, 15) is 0 Å². The van der Waals surface area contributed by atoms with Crippen LogP contribution in [0.4, 0.5) is 11.4 Å². The average molecular weight is 401 g/mol. The van der Waals surface area contributed by atoms with E-state index in [4.69, 9.17) is 20.9 Å². The molecule has 0 aromatic heterocycles. The van der Waals surface area contributed by atoms with Gasteiger partial charge in [-0.3, -0.25) is 0 Å². The summed E-state index contributed by atoms with van der Waals surface area (Å²) in [5.41, 5.74) is 17.7. The Morgan fingerprint density at radius 1 is 0.733 bits per heavy atom. The molecule has 3 aromatic rings. The summed E-state index contributed by atoms with van der Waals surface area (Å²) in [6.07, 6.45) is 8.47. The third-order valence-electron chi connectivity index (χ3n) is 5.04. The van der Waals surface area contributed by atoms with E-state index >= 15 is 0 Å². The van der Waals surface area contributed by atoms with Gasteiger partial charge in [0.05, 0.1) is 25.6 Å². The van der Waals surface area contributed by atoms with Gasteiger partial charge >= 0.3 is 0 Å². The summed E-state index contributed by atoms with van der Waals surface area (Å²) in [6.45, 7) is 2.02. The molecule has 4 heteroatoms. The molecule has 0 unspecified atom stereocenters. The Kier molecular flexibility index (Phi) is 6.81. The quantitative estimate of drug-likeness (QED) is 0.496. The smallest absolute Gasteiger partial charge is 0.142 e. The fourth-order valence-electron chi connectivity index (χ4n) is 3.45. The van der Waals surface area contributed by atoms with Gasteiger partial charge in [-0.15, -0.1) is 0 Å². The van der Waals surface area contributed by atoms with Gasteiger partial charge in [-0.1, -0.05) is 60.7 Å². The number of ether oxygens (including phenoxy) is 2. The number of rotatable bonds is 7. The molecule has 3 aromatic carbocycles. The van der Waals surface area contributed by atoms with Crippen LogP contribution in [0, 0.1) is 0 Å². The van der Waals surface area contributed by atoms with Crippen LogP contribution in [-0.2, 0) is 0 Å². The van der Waals surface area contributed by atoms with Crippen LogP contribution in [-0.4, -0.2) is 14.2 Å². The Balaban J connectivity index is 2.11. The molecule has 4 N–H and O–H groups in total. The van der Waals surface area contributed by atoms with Crippen LogP contribution in [0.3, 0.4) is 0 Å². The van der Waals surface area contributed by atoms with Gasteiger partial charge in [0.1, 0.15) is 11.5 Å². The van der Waals surface area contributed by atoms with Crippen molar-refractivity contribution in [2.24, 2.45) is 0 Å². The maximum atomic E-state index is 6.04. The highest BCUT2D eigenvalue weighted by atomic mass is 16.5. The monoisotopic (exact) mass is 400 g/mol. The summed E-state index contributed by atoms with van der Waals surface area (Å²) in [4.78, 5) is 0. The highest BCUT2D eigenvalue weighted by molar-refractivity contribution is 5.67. The summed E-state index contributed by atoms with van der Waals surface area (Å²) < 4.78 is 10.9. The molecule has 0 saturated heterocycles. The Bertz CT molecular complexity index is 1020. The zero-order valence-corrected chi connectivity index (χ0v) is 17.6. The van der Waals surface area contributed by atoms with Crippen LogP contribution in [0.1, 0.15) is 35.1 Å². The maximum absolute atomic E-state index is 6.04. The highest BCUT2D eigenvalue weighted by Gasteiger charge is 2.15. The Hall–Kier alpha value is -3.66. The van der Waals surface area contributed by atoms with Crippen LogP contribution in [0.15, 0.2) is 72.8 Å². The van der Waals surface area contributed by atoms with Crippen molar-refractivity contribution in [1.82, 2.24) is 0 Å². The van der Waals surface area contributed by atoms with Crippen molar-refractivity contribution >= 4 is 23.5 Å². The van der Waals surface area contributed by atoms with E-state index in [0.717, 1.165) is 16.7 Å². The van der Waals surface area contributed by atoms with Crippen molar-refractivity contribution in [3.05, 3.63) is 95.1 Å². The van der Waals surface area contributed by atoms with E-state index in [2.05, 4.69) is 30.4 Å². The molecule has 3 rings (SSSR count). The van der Waals surface area contributed by atoms with Gasteiger partial charge in [0.15, 0.2) is 0 Å². The van der Waals surface area contributed by atoms with Gasteiger partial charge in [-0.05, 0) is 53.4 Å². The Morgan fingerprint density at radius 2 is 1.23 bits per heavy atom. The third kappa shape index (κ3) is 4.66. The molecule has 30 heavy (non-hydrogen) atoms. The van der Waals surface area contributed by atoms with Crippen molar-refractivity contribution in [3.8, 4) is 11.5 Å². The second-order valence-corrected chi connectivity index (χ2v) is 6.97. The summed E-state index contributed by atoms with van der Waals surface area (Å²) in [7, 11) is 3.25. The lowest BCUT2D eigenvalue weighted by Crippen LogP contribution is -2.02. The molecule has 0 fully saturated rings. The van der Waals surface area contributed by atoms with Crippen molar-refractivity contribution in [3.63, 3.8) is 0 Å². The highest BCUT2D eigenvalue weighted by Crippen LogP contribution is 2.35. The minimum atomic E-state index is -0.0346. The first kappa shape index (κ1) is 21.1. The lowest BCUT2D eigenvalue weighted by atomic mass is 9.89. The molecule has 154 valence electrons. The molecule has 0 aliphatic heterocycles. The number of methoxy groups -OCH3 is 2. The SMILES string of the molecule is C/C=C\c1ccccc1/C=C/C(c1ccc(N)c(OC)c1)c1ccc(N)c(OC)c1. The molecule has 0 aliphatic carbocycles. The lowest BCUT2D eigenvalue weighted by Gasteiger charge is -2.18. The molecule has 0 aliphatic rings. The minimum Gasteiger partial charge on any atom is -0.495 e. The second kappa shape index (κ2) is 9.70. The van der Waals surface area contributed by atoms with Crippen LogP contribution in [0.5, 0.6) is 11.5 Å². The number of benzene rings is 3. The molecular weight excluding hydrogens is 372 g/mol. The molecule has 0 heterocycles. The van der Waals surface area contributed by atoms with E-state index in [1.807, 2.05) is 61.5 Å². The summed E-state index contributed by atoms with van der Waals surface area (Å²) in [5.74, 6) is 1.28. The topological polar surface area (TPSA) is 70.5 Å². The maximum Gasteiger partial charge on any atom is 0.142 e. The zero-order chi connectivity index (χ0) is 21.5. The van der Waals surface area contributed by atoms with Crippen LogP contribution in [0.2, 0.25) is 0 Å². The minimum absolute atomic E-state index is 0.0346. The predicted molar refractivity (Wildman–Crippen MR) is 127 cm³/mol. The van der Waals surface area contributed by atoms with Gasteiger partial charge in [0.2, 0.25) is 0 Å². The van der Waals surface area contributed by atoms with Crippen molar-refractivity contribution < 1.29 is 9.47 Å². The standard InChI is InChI=1S/C26H28N2O2/c1-4-7-18-8-5-6-9-19(18)10-13-22(20-11-14-23(27)25(16-20)29-2)21-12-15-24(28)26(17-21)30-3/h4-17,22H,27-28H2,1-3H3/b7-4-,13-10+. The van der Waals surface area contributed by atoms with Crippen LogP contribution >= 0.6 is 0 Å². The summed E-state index contributed by atoms with van der Waals surface area (Å²) in [5, 5.41) is 0. The number of anilines is 2. The number of hydrogen-bond donors (Lipinski definition) is 2. The number of nitrogens with two attached hydrogens (primary N) is 2. The van der Waals surface area contributed by atoms with Crippen molar-refractivity contribution in [2.75, 3.05) is 25.7 Å². The first-order chi connectivity index (χ1) is 14.6. The van der Waals surface area contributed by atoms with E-state index in [-0.39, 0.29) is 5.92 Å². The van der Waals surface area contributed by atoms with E-state index in [1.165, 1.54) is 5.56 Å². The number of hydrogen-bond acceptors (Lipinski definition) is 4. The van der Waals surface area contributed by atoms with E-state index in [1.54, 1.807) is 14.2 Å². The van der Waals surface area contributed by atoms with Gasteiger partial charge in [0.25, 0.3) is 0 Å². The fourth-order valence-corrected chi connectivity index (χ4v) is 3.45. The molecule has 4 nitrogen and oxygen atoms in total. The fraction of sp³-hybridized carbons (Fsp3) is 0.154. The van der Waals surface area contributed by atoms with Gasteiger partial charge in [-0.25, -0.2) is 0 Å². The van der Waals surface area contributed by atoms with Crippen LogP contribution < -0.4 is 20.9 Å². The molecular formula is C26H28N2O2. The van der Waals surface area contributed by atoms with Gasteiger partial charge in [-0.2, -0.15) is 0 Å². The van der Waals surface area contributed by atoms with Crippen molar-refractivity contribution in [1.29, 1.82) is 0 Å². The molecule has 0 amide bonds. The Morgan fingerprint density at radius 3 is 1.70 bits per heavy atom. The van der Waals surface area contributed by atoms with Gasteiger partial charge < -0.3 is 20.9 Å². The first-order valence-electron chi connectivity index (χ1n) is 9.84. The summed E-state index contributed by atoms with van der Waals surface area (Å²) >= 11 is 0. The second-order valence-electron chi connectivity index (χ2n) is 6.97. The molecule has 0 saturated carbocycles.